The van der Waals surface area contributed by atoms with Gasteiger partial charge in [0.25, 0.3) is 10.0 Å². The molecule has 0 atom stereocenters. The molecule has 0 radical (unpaired) electrons. The van der Waals surface area contributed by atoms with Crippen molar-refractivity contribution in [2.45, 2.75) is 11.8 Å². The Morgan fingerprint density at radius 3 is 2.05 bits per heavy atom. The van der Waals surface area contributed by atoms with E-state index in [0.29, 0.717) is 5.82 Å². The fourth-order valence-electron chi connectivity index (χ4n) is 2.33. The van der Waals surface area contributed by atoms with Gasteiger partial charge in [0.1, 0.15) is 5.82 Å². The summed E-state index contributed by atoms with van der Waals surface area (Å²) < 4.78 is 29.5. The molecule has 0 bridgehead atoms. The van der Waals surface area contributed by atoms with Crippen LogP contribution in [0.3, 0.4) is 0 Å². The SMILES string of the molecule is Cc1ccc(NS(=O)(=O)c2ccccc2)n1-c1ccccc1. The summed E-state index contributed by atoms with van der Waals surface area (Å²) in [4.78, 5) is 0.244. The Bertz CT molecular complexity index is 870. The van der Waals surface area contributed by atoms with Gasteiger partial charge < -0.3 is 4.57 Å². The van der Waals surface area contributed by atoms with E-state index in [4.69, 9.17) is 0 Å². The second kappa shape index (κ2) is 5.69. The lowest BCUT2D eigenvalue weighted by Gasteiger charge is -2.13. The smallest absolute Gasteiger partial charge is 0.263 e. The number of sulfonamides is 1. The molecule has 0 aliphatic heterocycles. The van der Waals surface area contributed by atoms with Gasteiger partial charge >= 0.3 is 0 Å². The average Bonchev–Trinajstić information content (AvgIpc) is 2.89. The molecule has 1 heterocycles. The van der Waals surface area contributed by atoms with E-state index in [0.717, 1.165) is 11.4 Å². The Hall–Kier alpha value is -2.53. The molecule has 22 heavy (non-hydrogen) atoms. The summed E-state index contributed by atoms with van der Waals surface area (Å²) in [6, 6.07) is 21.6. The number of nitrogens with one attached hydrogen (secondary N) is 1. The molecular formula is C17H16N2O2S. The van der Waals surface area contributed by atoms with Gasteiger partial charge in [-0.05, 0) is 43.3 Å². The van der Waals surface area contributed by atoms with Crippen molar-refractivity contribution in [3.05, 3.63) is 78.5 Å². The van der Waals surface area contributed by atoms with Crippen molar-refractivity contribution in [3.8, 4) is 5.69 Å². The zero-order valence-electron chi connectivity index (χ0n) is 12.1. The molecule has 0 aliphatic rings. The molecule has 2 aromatic carbocycles. The van der Waals surface area contributed by atoms with Crippen molar-refractivity contribution in [1.82, 2.24) is 4.57 Å². The number of aromatic nitrogens is 1. The van der Waals surface area contributed by atoms with E-state index in [1.165, 1.54) is 0 Å². The Morgan fingerprint density at radius 1 is 0.818 bits per heavy atom. The Kier molecular flexibility index (Phi) is 3.73. The molecule has 0 spiro atoms. The maximum atomic E-state index is 12.5. The van der Waals surface area contributed by atoms with Crippen LogP contribution in [0.1, 0.15) is 5.69 Å². The van der Waals surface area contributed by atoms with Gasteiger partial charge in [0, 0.05) is 11.4 Å². The van der Waals surface area contributed by atoms with Gasteiger partial charge in [-0.15, -0.1) is 0 Å². The predicted molar refractivity (Wildman–Crippen MR) is 87.8 cm³/mol. The first kappa shape index (κ1) is 14.4. The van der Waals surface area contributed by atoms with Crippen molar-refractivity contribution in [1.29, 1.82) is 0 Å². The molecule has 0 fully saturated rings. The lowest BCUT2D eigenvalue weighted by Crippen LogP contribution is -2.15. The van der Waals surface area contributed by atoms with Crippen LogP contribution >= 0.6 is 0 Å². The highest BCUT2D eigenvalue weighted by atomic mass is 32.2. The summed E-state index contributed by atoms with van der Waals surface area (Å²) in [5, 5.41) is 0. The van der Waals surface area contributed by atoms with Crippen molar-refractivity contribution >= 4 is 15.8 Å². The van der Waals surface area contributed by atoms with Crippen molar-refractivity contribution in [2.75, 3.05) is 4.72 Å². The van der Waals surface area contributed by atoms with E-state index in [1.54, 1.807) is 36.4 Å². The highest BCUT2D eigenvalue weighted by Crippen LogP contribution is 2.23. The predicted octanol–water partition coefficient (Wildman–Crippen LogP) is 3.59. The van der Waals surface area contributed by atoms with Crippen molar-refractivity contribution in [3.63, 3.8) is 0 Å². The molecule has 0 aliphatic carbocycles. The number of nitrogens with zero attached hydrogens (tertiary/aromatic N) is 1. The molecule has 4 nitrogen and oxygen atoms in total. The highest BCUT2D eigenvalue weighted by Gasteiger charge is 2.17. The maximum absolute atomic E-state index is 12.5. The summed E-state index contributed by atoms with van der Waals surface area (Å²) in [7, 11) is -3.60. The lowest BCUT2D eigenvalue weighted by atomic mass is 10.3. The first-order chi connectivity index (χ1) is 10.6. The van der Waals surface area contributed by atoms with Crippen LogP contribution in [-0.4, -0.2) is 13.0 Å². The van der Waals surface area contributed by atoms with Crippen molar-refractivity contribution < 1.29 is 8.42 Å². The van der Waals surface area contributed by atoms with Gasteiger partial charge in [-0.25, -0.2) is 8.42 Å². The van der Waals surface area contributed by atoms with Gasteiger partial charge in [0.2, 0.25) is 0 Å². The molecule has 5 heteroatoms. The van der Waals surface area contributed by atoms with Gasteiger partial charge in [0.15, 0.2) is 0 Å². The molecule has 3 rings (SSSR count). The Labute approximate surface area is 130 Å². The number of rotatable bonds is 4. The quantitative estimate of drug-likeness (QED) is 0.800. The number of hydrogen-bond acceptors (Lipinski definition) is 2. The van der Waals surface area contributed by atoms with Gasteiger partial charge in [-0.1, -0.05) is 36.4 Å². The first-order valence-electron chi connectivity index (χ1n) is 6.89. The summed E-state index contributed by atoms with van der Waals surface area (Å²) in [6.45, 7) is 1.94. The van der Waals surface area contributed by atoms with Crippen LogP contribution in [0.2, 0.25) is 0 Å². The topological polar surface area (TPSA) is 51.1 Å². The third-order valence-electron chi connectivity index (χ3n) is 3.38. The van der Waals surface area contributed by atoms with Crippen LogP contribution in [0.4, 0.5) is 5.82 Å². The monoisotopic (exact) mass is 312 g/mol. The second-order valence-electron chi connectivity index (χ2n) is 4.95. The third-order valence-corrected chi connectivity index (χ3v) is 4.75. The van der Waals surface area contributed by atoms with Gasteiger partial charge in [0.05, 0.1) is 4.90 Å². The van der Waals surface area contributed by atoms with E-state index >= 15 is 0 Å². The normalized spacial score (nSPS) is 11.3. The zero-order chi connectivity index (χ0) is 15.6. The maximum Gasteiger partial charge on any atom is 0.263 e. The lowest BCUT2D eigenvalue weighted by molar-refractivity contribution is 0.601. The van der Waals surface area contributed by atoms with Gasteiger partial charge in [-0.2, -0.15) is 0 Å². The molecule has 0 saturated heterocycles. The van der Waals surface area contributed by atoms with E-state index in [2.05, 4.69) is 4.72 Å². The first-order valence-corrected chi connectivity index (χ1v) is 8.38. The van der Waals surface area contributed by atoms with Gasteiger partial charge in [-0.3, -0.25) is 4.72 Å². The van der Waals surface area contributed by atoms with Crippen LogP contribution in [0, 0.1) is 6.92 Å². The molecular weight excluding hydrogens is 296 g/mol. The number of benzene rings is 2. The molecule has 0 amide bonds. The minimum Gasteiger partial charge on any atom is -0.300 e. The minimum absolute atomic E-state index is 0.244. The fourth-order valence-corrected chi connectivity index (χ4v) is 3.40. The largest absolute Gasteiger partial charge is 0.300 e. The molecule has 0 unspecified atom stereocenters. The second-order valence-corrected chi connectivity index (χ2v) is 6.63. The molecule has 1 N–H and O–H groups in total. The molecule has 3 aromatic rings. The number of aryl methyl sites for hydroxylation is 1. The highest BCUT2D eigenvalue weighted by molar-refractivity contribution is 7.92. The van der Waals surface area contributed by atoms with E-state index < -0.39 is 10.0 Å². The fraction of sp³-hybridized carbons (Fsp3) is 0.0588. The summed E-state index contributed by atoms with van der Waals surface area (Å²) >= 11 is 0. The number of hydrogen-bond donors (Lipinski definition) is 1. The van der Waals surface area contributed by atoms with Crippen LogP contribution in [0.25, 0.3) is 5.69 Å². The van der Waals surface area contributed by atoms with Crippen LogP contribution in [-0.2, 0) is 10.0 Å². The number of anilines is 1. The standard InChI is InChI=1S/C17H16N2O2S/c1-14-12-13-17(19(14)15-8-4-2-5-9-15)18-22(20,21)16-10-6-3-7-11-16/h2-13,18H,1H3. The zero-order valence-corrected chi connectivity index (χ0v) is 12.9. The molecule has 0 saturated carbocycles. The van der Waals surface area contributed by atoms with Crippen molar-refractivity contribution in [2.24, 2.45) is 0 Å². The molecule has 1 aromatic heterocycles. The summed E-state index contributed by atoms with van der Waals surface area (Å²) in [5.41, 5.74) is 1.87. The van der Waals surface area contributed by atoms with E-state index in [9.17, 15) is 8.42 Å². The summed E-state index contributed by atoms with van der Waals surface area (Å²) in [5.74, 6) is 0.521. The summed E-state index contributed by atoms with van der Waals surface area (Å²) in [6.07, 6.45) is 0. The van der Waals surface area contributed by atoms with Crippen LogP contribution < -0.4 is 4.72 Å². The van der Waals surface area contributed by atoms with E-state index in [-0.39, 0.29) is 4.90 Å². The average molecular weight is 312 g/mol. The van der Waals surface area contributed by atoms with Crippen LogP contribution in [0.5, 0.6) is 0 Å². The number of para-hydroxylation sites is 1. The van der Waals surface area contributed by atoms with E-state index in [1.807, 2.05) is 47.9 Å². The molecule has 112 valence electrons. The Balaban J connectivity index is 2.01. The third kappa shape index (κ3) is 2.76. The minimum atomic E-state index is -3.60. The van der Waals surface area contributed by atoms with Crippen LogP contribution in [0.15, 0.2) is 77.7 Å². The Morgan fingerprint density at radius 2 is 1.41 bits per heavy atom.